The van der Waals surface area contributed by atoms with Gasteiger partial charge in [-0.3, -0.25) is 4.79 Å². The number of Topliss-reactive ketones (excluding diaryl/α,β-unsaturated/α-hetero) is 1. The van der Waals surface area contributed by atoms with Crippen LogP contribution in [0.5, 0.6) is 0 Å². The molecule has 0 aliphatic rings. The normalized spacial score (nSPS) is 10.1. The molecular formula is C11H11ClO3S. The number of ketones is 1. The molecule has 0 heterocycles. The highest BCUT2D eigenvalue weighted by Gasteiger charge is 2.19. The van der Waals surface area contributed by atoms with Crippen molar-refractivity contribution in [1.29, 1.82) is 0 Å². The highest BCUT2D eigenvalue weighted by Crippen LogP contribution is 2.24. The monoisotopic (exact) mass is 258 g/mol. The Bertz CT molecular complexity index is 418. The average molecular weight is 259 g/mol. The lowest BCUT2D eigenvalue weighted by Crippen LogP contribution is -2.10. The van der Waals surface area contributed by atoms with E-state index >= 15 is 0 Å². The van der Waals surface area contributed by atoms with Crippen molar-refractivity contribution in [3.8, 4) is 0 Å². The maximum atomic E-state index is 11.7. The molecule has 1 rings (SSSR count). The molecule has 0 saturated carbocycles. The smallest absolute Gasteiger partial charge is 0.337 e. The first-order valence-corrected chi connectivity index (χ1v) is 6.37. The van der Waals surface area contributed by atoms with Crippen LogP contribution in [-0.4, -0.2) is 29.0 Å². The standard InChI is InChI=1S/C11H11ClO3S/c1-16-9-4-2-3-7(8(13)5-6-12)10(9)11(14)15/h2-4H,5-6H2,1H3,(H,14,15). The van der Waals surface area contributed by atoms with E-state index in [9.17, 15) is 9.59 Å². The summed E-state index contributed by atoms with van der Waals surface area (Å²) in [5, 5.41) is 9.10. The number of rotatable bonds is 5. The second-order valence-corrected chi connectivity index (χ2v) is 4.28. The van der Waals surface area contributed by atoms with Crippen LogP contribution < -0.4 is 0 Å². The molecular weight excluding hydrogens is 248 g/mol. The van der Waals surface area contributed by atoms with Crippen molar-refractivity contribution in [3.63, 3.8) is 0 Å². The van der Waals surface area contributed by atoms with Crippen molar-refractivity contribution >= 4 is 35.1 Å². The highest BCUT2D eigenvalue weighted by molar-refractivity contribution is 7.98. The molecule has 0 aliphatic heterocycles. The number of carbonyl (C=O) groups excluding carboxylic acids is 1. The van der Waals surface area contributed by atoms with Crippen LogP contribution in [0.15, 0.2) is 23.1 Å². The van der Waals surface area contributed by atoms with Crippen molar-refractivity contribution in [2.45, 2.75) is 11.3 Å². The number of hydrogen-bond acceptors (Lipinski definition) is 3. The second-order valence-electron chi connectivity index (χ2n) is 3.05. The quantitative estimate of drug-likeness (QED) is 0.501. The van der Waals surface area contributed by atoms with Gasteiger partial charge < -0.3 is 5.11 Å². The largest absolute Gasteiger partial charge is 0.478 e. The van der Waals surface area contributed by atoms with Crippen molar-refractivity contribution < 1.29 is 14.7 Å². The van der Waals surface area contributed by atoms with Gasteiger partial charge in [-0.1, -0.05) is 12.1 Å². The van der Waals surface area contributed by atoms with E-state index in [-0.39, 0.29) is 29.2 Å². The summed E-state index contributed by atoms with van der Waals surface area (Å²) < 4.78 is 0. The lowest BCUT2D eigenvalue weighted by Gasteiger charge is -2.08. The van der Waals surface area contributed by atoms with Gasteiger partial charge in [-0.2, -0.15) is 0 Å². The number of alkyl halides is 1. The highest BCUT2D eigenvalue weighted by atomic mass is 35.5. The molecule has 5 heteroatoms. The van der Waals surface area contributed by atoms with Crippen LogP contribution in [0.3, 0.4) is 0 Å². The molecule has 0 unspecified atom stereocenters. The summed E-state index contributed by atoms with van der Waals surface area (Å²) in [6.07, 6.45) is 1.93. The Hall–Kier alpha value is -1.00. The molecule has 0 amide bonds. The van der Waals surface area contributed by atoms with E-state index in [1.54, 1.807) is 18.4 Å². The molecule has 0 aliphatic carbocycles. The summed E-state index contributed by atoms with van der Waals surface area (Å²) in [5.74, 6) is -1.12. The van der Waals surface area contributed by atoms with Crippen molar-refractivity contribution in [3.05, 3.63) is 29.3 Å². The molecule has 3 nitrogen and oxygen atoms in total. The summed E-state index contributed by atoms with van der Waals surface area (Å²) in [5.41, 5.74) is 0.310. The predicted molar refractivity (Wildman–Crippen MR) is 64.8 cm³/mol. The minimum atomic E-state index is -1.08. The van der Waals surface area contributed by atoms with Gasteiger partial charge in [-0.15, -0.1) is 23.4 Å². The number of hydrogen-bond donors (Lipinski definition) is 1. The molecule has 0 bridgehead atoms. The molecule has 0 aromatic heterocycles. The SMILES string of the molecule is CSc1cccc(C(=O)CCCl)c1C(=O)O. The fourth-order valence-corrected chi connectivity index (χ4v) is 2.16. The van der Waals surface area contributed by atoms with E-state index in [2.05, 4.69) is 0 Å². The molecule has 1 aromatic rings. The third-order valence-electron chi connectivity index (χ3n) is 2.08. The van der Waals surface area contributed by atoms with Crippen molar-refractivity contribution in [1.82, 2.24) is 0 Å². The molecule has 0 saturated heterocycles. The Morgan fingerprint density at radius 1 is 1.44 bits per heavy atom. The van der Waals surface area contributed by atoms with Crippen LogP contribution in [0.2, 0.25) is 0 Å². The first-order valence-electron chi connectivity index (χ1n) is 4.61. The average Bonchev–Trinajstić information content (AvgIpc) is 2.28. The van der Waals surface area contributed by atoms with E-state index in [4.69, 9.17) is 16.7 Å². The number of thioether (sulfide) groups is 1. The van der Waals surface area contributed by atoms with Crippen molar-refractivity contribution in [2.75, 3.05) is 12.1 Å². The third kappa shape index (κ3) is 2.77. The maximum Gasteiger partial charge on any atom is 0.337 e. The van der Waals surface area contributed by atoms with Crippen LogP contribution in [0.4, 0.5) is 0 Å². The number of halogens is 1. The van der Waals surface area contributed by atoms with E-state index in [0.717, 1.165) is 0 Å². The number of carboxylic acid groups (broad SMARTS) is 1. The summed E-state index contributed by atoms with van der Waals surface area (Å²) in [4.78, 5) is 23.4. The molecule has 1 N–H and O–H groups in total. The van der Waals surface area contributed by atoms with Gasteiger partial charge in [0.05, 0.1) is 5.56 Å². The zero-order valence-electron chi connectivity index (χ0n) is 8.70. The maximum absolute atomic E-state index is 11.7. The Morgan fingerprint density at radius 2 is 2.12 bits per heavy atom. The minimum absolute atomic E-state index is 0.0742. The van der Waals surface area contributed by atoms with Crippen LogP contribution >= 0.6 is 23.4 Å². The summed E-state index contributed by atoms with van der Waals surface area (Å²) in [6.45, 7) is 0. The first-order chi connectivity index (χ1) is 7.61. The fourth-order valence-electron chi connectivity index (χ4n) is 1.37. The van der Waals surface area contributed by atoms with E-state index < -0.39 is 5.97 Å². The zero-order chi connectivity index (χ0) is 12.1. The molecule has 0 spiro atoms. The second kappa shape index (κ2) is 5.92. The van der Waals surface area contributed by atoms with Crippen LogP contribution in [-0.2, 0) is 0 Å². The summed E-state index contributed by atoms with van der Waals surface area (Å²) >= 11 is 6.79. The molecule has 86 valence electrons. The number of carboxylic acids is 1. The van der Waals surface area contributed by atoms with Gasteiger partial charge in [-0.25, -0.2) is 4.79 Å². The fraction of sp³-hybridized carbons (Fsp3) is 0.273. The van der Waals surface area contributed by atoms with E-state index in [0.29, 0.717) is 4.90 Å². The molecule has 0 fully saturated rings. The molecule has 0 atom stereocenters. The summed E-state index contributed by atoms with van der Waals surface area (Å²) in [6, 6.07) is 4.89. The Morgan fingerprint density at radius 3 is 2.62 bits per heavy atom. The van der Waals surface area contributed by atoms with Crippen LogP contribution in [0.1, 0.15) is 27.1 Å². The van der Waals surface area contributed by atoms with Crippen molar-refractivity contribution in [2.24, 2.45) is 0 Å². The molecule has 0 radical (unpaired) electrons. The van der Waals surface area contributed by atoms with Gasteiger partial charge in [0, 0.05) is 22.8 Å². The number of benzene rings is 1. The Balaban J connectivity index is 3.27. The first kappa shape index (κ1) is 13.1. The third-order valence-corrected chi connectivity index (χ3v) is 3.05. The topological polar surface area (TPSA) is 54.4 Å². The number of aromatic carboxylic acids is 1. The Labute approximate surface area is 103 Å². The molecule has 1 aromatic carbocycles. The molecule has 16 heavy (non-hydrogen) atoms. The van der Waals surface area contributed by atoms with Gasteiger partial charge in [0.1, 0.15) is 0 Å². The Kier molecular flexibility index (Phi) is 4.83. The lowest BCUT2D eigenvalue weighted by molar-refractivity contribution is 0.0688. The van der Waals surface area contributed by atoms with Gasteiger partial charge >= 0.3 is 5.97 Å². The van der Waals surface area contributed by atoms with Gasteiger partial charge in [0.15, 0.2) is 5.78 Å². The van der Waals surface area contributed by atoms with Gasteiger partial charge in [-0.05, 0) is 12.3 Å². The van der Waals surface area contributed by atoms with E-state index in [1.807, 2.05) is 0 Å². The number of carbonyl (C=O) groups is 2. The van der Waals surface area contributed by atoms with Gasteiger partial charge in [0.2, 0.25) is 0 Å². The lowest BCUT2D eigenvalue weighted by atomic mass is 10.0. The summed E-state index contributed by atoms with van der Waals surface area (Å²) in [7, 11) is 0. The van der Waals surface area contributed by atoms with Crippen LogP contribution in [0, 0.1) is 0 Å². The van der Waals surface area contributed by atoms with Gasteiger partial charge in [0.25, 0.3) is 0 Å². The van der Waals surface area contributed by atoms with E-state index in [1.165, 1.54) is 17.8 Å². The predicted octanol–water partition coefficient (Wildman–Crippen LogP) is 2.92. The van der Waals surface area contributed by atoms with Crippen LogP contribution in [0.25, 0.3) is 0 Å². The minimum Gasteiger partial charge on any atom is -0.478 e. The zero-order valence-corrected chi connectivity index (χ0v) is 10.3.